The zero-order valence-corrected chi connectivity index (χ0v) is 15.4. The van der Waals surface area contributed by atoms with E-state index in [1.807, 2.05) is 0 Å². The molecule has 0 saturated heterocycles. The van der Waals surface area contributed by atoms with E-state index in [2.05, 4.69) is 9.98 Å². The van der Waals surface area contributed by atoms with Crippen LogP contribution in [0, 0.1) is 17.3 Å². The van der Waals surface area contributed by atoms with Gasteiger partial charge in [0.25, 0.3) is 0 Å². The molecule has 0 bridgehead atoms. The molecule has 1 aromatic rings. The monoisotopic (exact) mass is 399 g/mol. The Kier molecular flexibility index (Phi) is 3.19. The third-order valence-corrected chi connectivity index (χ3v) is 7.88. The van der Waals surface area contributed by atoms with Gasteiger partial charge in [-0.15, -0.1) is 0 Å². The summed E-state index contributed by atoms with van der Waals surface area (Å²) in [6.45, 7) is 0. The molecule has 3 saturated carbocycles. The number of aliphatic imine (C=N–C) groups is 1. The molecule has 5 rings (SSSR count). The van der Waals surface area contributed by atoms with Gasteiger partial charge >= 0.3 is 10.1 Å². The fraction of sp³-hybridized carbons (Fsp3) is 0.500. The van der Waals surface area contributed by atoms with Crippen LogP contribution in [0.15, 0.2) is 28.5 Å². The zero-order valence-electron chi connectivity index (χ0n) is 13.1. The van der Waals surface area contributed by atoms with Crippen LogP contribution in [0.3, 0.4) is 0 Å². The van der Waals surface area contributed by atoms with Gasteiger partial charge in [-0.3, -0.25) is 9.55 Å². The highest BCUT2D eigenvalue weighted by molar-refractivity contribution is 7.89. The molecule has 132 valence electrons. The summed E-state index contributed by atoms with van der Waals surface area (Å²) in [4.78, 5) is 10.1. The number of anilines is 1. The molecule has 4 unspecified atom stereocenters. The zero-order chi connectivity index (χ0) is 17.6. The molecule has 1 aromatic heterocycles. The predicted octanol–water partition coefficient (Wildman–Crippen LogP) is 3.52. The second-order valence-corrected chi connectivity index (χ2v) is 9.34. The van der Waals surface area contributed by atoms with E-state index in [-0.39, 0.29) is 26.7 Å². The van der Waals surface area contributed by atoms with E-state index in [1.165, 1.54) is 25.2 Å². The number of hydrogen-bond donors (Lipinski definition) is 1. The minimum absolute atomic E-state index is 0.133. The fourth-order valence-electron chi connectivity index (χ4n) is 5.43. The highest BCUT2D eigenvalue weighted by atomic mass is 35.5. The van der Waals surface area contributed by atoms with Crippen LogP contribution in [0.25, 0.3) is 0 Å². The minimum Gasteiger partial charge on any atom is -0.318 e. The van der Waals surface area contributed by atoms with Crippen molar-refractivity contribution in [3.05, 3.63) is 33.7 Å². The molecule has 1 aliphatic heterocycles. The smallest absolute Gasteiger partial charge is 0.311 e. The van der Waals surface area contributed by atoms with E-state index >= 15 is 0 Å². The number of fused-ring (bicyclic) bond motifs is 2. The van der Waals surface area contributed by atoms with Gasteiger partial charge in [-0.05, 0) is 37.2 Å². The number of aromatic nitrogens is 1. The van der Waals surface area contributed by atoms with Gasteiger partial charge in [-0.25, -0.2) is 4.98 Å². The van der Waals surface area contributed by atoms with Crippen molar-refractivity contribution in [2.75, 3.05) is 4.90 Å². The average molecular weight is 400 g/mol. The normalized spacial score (nSPS) is 35.6. The van der Waals surface area contributed by atoms with Gasteiger partial charge in [0.1, 0.15) is 5.15 Å². The third kappa shape index (κ3) is 1.92. The Balaban J connectivity index is 1.65. The SMILES string of the molecule is O=S(=O)(O)C1=CN=C2C(C3CC4CCCC243)N1c1cnc(Cl)c(Cl)c1. The van der Waals surface area contributed by atoms with Crippen molar-refractivity contribution in [3.63, 3.8) is 0 Å². The molecular weight excluding hydrogens is 385 g/mol. The summed E-state index contributed by atoms with van der Waals surface area (Å²) in [5.74, 6) is 1.00. The molecule has 0 radical (unpaired) electrons. The summed E-state index contributed by atoms with van der Waals surface area (Å²) >= 11 is 12.0. The highest BCUT2D eigenvalue weighted by Gasteiger charge is 2.73. The summed E-state index contributed by atoms with van der Waals surface area (Å²) in [7, 11) is -4.43. The molecule has 4 aliphatic rings. The number of nitrogens with zero attached hydrogens (tertiary/aromatic N) is 3. The van der Waals surface area contributed by atoms with E-state index in [0.717, 1.165) is 18.6 Å². The van der Waals surface area contributed by atoms with Gasteiger partial charge in [0.2, 0.25) is 0 Å². The van der Waals surface area contributed by atoms with Crippen molar-refractivity contribution in [3.8, 4) is 0 Å². The van der Waals surface area contributed by atoms with Crippen LogP contribution >= 0.6 is 23.2 Å². The molecular formula is C16H15Cl2N3O3S. The summed E-state index contributed by atoms with van der Waals surface area (Å²) in [6, 6.07) is 1.41. The quantitative estimate of drug-likeness (QED) is 0.607. The molecule has 2 heterocycles. The molecule has 3 aliphatic carbocycles. The van der Waals surface area contributed by atoms with Crippen LogP contribution in [0.4, 0.5) is 5.69 Å². The van der Waals surface area contributed by atoms with Crippen LogP contribution in [0.2, 0.25) is 10.2 Å². The first kappa shape index (κ1) is 16.1. The standard InChI is InChI=1S/C16H15Cl2N3O3S/c17-11-5-9(6-20-15(11)18)21-12(25(22,23)24)7-19-14-13(21)10-4-8-2-1-3-16(8,10)14/h5-8,10,13H,1-4H2,(H,22,23,24). The van der Waals surface area contributed by atoms with Gasteiger partial charge in [0.15, 0.2) is 5.03 Å². The minimum atomic E-state index is -4.43. The Morgan fingerprint density at radius 2 is 2.16 bits per heavy atom. The van der Waals surface area contributed by atoms with Crippen molar-refractivity contribution in [2.45, 2.75) is 31.7 Å². The largest absolute Gasteiger partial charge is 0.318 e. The summed E-state index contributed by atoms with van der Waals surface area (Å²) < 4.78 is 33.6. The van der Waals surface area contributed by atoms with Crippen LogP contribution < -0.4 is 4.90 Å². The van der Waals surface area contributed by atoms with E-state index < -0.39 is 10.1 Å². The summed E-state index contributed by atoms with van der Waals surface area (Å²) in [5, 5.41) is 0.148. The van der Waals surface area contributed by atoms with Gasteiger partial charge in [-0.2, -0.15) is 8.42 Å². The molecule has 0 aromatic carbocycles. The van der Waals surface area contributed by atoms with E-state index in [0.29, 0.717) is 17.5 Å². The molecule has 0 amide bonds. The van der Waals surface area contributed by atoms with Gasteiger partial charge in [0.05, 0.1) is 29.1 Å². The number of rotatable bonds is 2. The van der Waals surface area contributed by atoms with E-state index in [1.54, 1.807) is 11.0 Å². The first-order chi connectivity index (χ1) is 11.8. The lowest BCUT2D eigenvalue weighted by atomic mass is 9.39. The average Bonchev–Trinajstić information content (AvgIpc) is 2.92. The lowest BCUT2D eigenvalue weighted by molar-refractivity contribution is -0.0148. The van der Waals surface area contributed by atoms with Gasteiger partial charge < -0.3 is 4.90 Å². The molecule has 1 N–H and O–H groups in total. The first-order valence-corrected chi connectivity index (χ1v) is 10.4. The molecule has 9 heteroatoms. The van der Waals surface area contributed by atoms with Crippen LogP contribution in [0.5, 0.6) is 0 Å². The maximum Gasteiger partial charge on any atom is 0.311 e. The molecule has 25 heavy (non-hydrogen) atoms. The second-order valence-electron chi connectivity index (χ2n) is 7.21. The van der Waals surface area contributed by atoms with Crippen molar-refractivity contribution in [1.29, 1.82) is 0 Å². The molecule has 4 atom stereocenters. The number of halogens is 2. The van der Waals surface area contributed by atoms with Crippen molar-refractivity contribution >= 4 is 44.7 Å². The number of hydrogen-bond acceptors (Lipinski definition) is 5. The summed E-state index contributed by atoms with van der Waals surface area (Å²) in [6.07, 6.45) is 7.31. The van der Waals surface area contributed by atoms with Gasteiger partial charge in [-0.1, -0.05) is 29.6 Å². The highest BCUT2D eigenvalue weighted by Crippen LogP contribution is 2.71. The summed E-state index contributed by atoms with van der Waals surface area (Å²) in [5.41, 5.74) is 1.66. The maximum atomic E-state index is 11.9. The lowest BCUT2D eigenvalue weighted by Crippen LogP contribution is -2.75. The van der Waals surface area contributed by atoms with Gasteiger partial charge in [0, 0.05) is 11.1 Å². The van der Waals surface area contributed by atoms with Crippen LogP contribution in [-0.4, -0.2) is 29.7 Å². The predicted molar refractivity (Wildman–Crippen MR) is 95.5 cm³/mol. The third-order valence-electron chi connectivity index (χ3n) is 6.36. The Morgan fingerprint density at radius 3 is 2.84 bits per heavy atom. The Bertz CT molecular complexity index is 961. The Morgan fingerprint density at radius 1 is 1.36 bits per heavy atom. The first-order valence-electron chi connectivity index (χ1n) is 8.20. The van der Waals surface area contributed by atoms with E-state index in [4.69, 9.17) is 23.2 Å². The second kappa shape index (κ2) is 4.97. The molecule has 1 spiro atoms. The molecule has 6 nitrogen and oxygen atoms in total. The number of pyridine rings is 1. The molecule has 3 fully saturated rings. The van der Waals surface area contributed by atoms with E-state index in [9.17, 15) is 13.0 Å². The Labute approximate surface area is 155 Å². The fourth-order valence-corrected chi connectivity index (χ4v) is 6.34. The lowest BCUT2D eigenvalue weighted by Gasteiger charge is -2.69. The topological polar surface area (TPSA) is 82.9 Å². The van der Waals surface area contributed by atoms with Crippen molar-refractivity contribution in [1.82, 2.24) is 4.98 Å². The Hall–Kier alpha value is -1.15. The van der Waals surface area contributed by atoms with Crippen molar-refractivity contribution in [2.24, 2.45) is 22.2 Å². The van der Waals surface area contributed by atoms with Crippen LogP contribution in [-0.2, 0) is 10.1 Å². The van der Waals surface area contributed by atoms with Crippen molar-refractivity contribution < 1.29 is 13.0 Å². The maximum absolute atomic E-state index is 11.9. The van der Waals surface area contributed by atoms with Crippen LogP contribution in [0.1, 0.15) is 25.7 Å².